The van der Waals surface area contributed by atoms with Gasteiger partial charge in [-0.3, -0.25) is 9.59 Å². The van der Waals surface area contributed by atoms with Crippen LogP contribution in [0.25, 0.3) is 0 Å². The molecule has 1 N–H and O–H groups in total. The summed E-state index contributed by atoms with van der Waals surface area (Å²) in [6, 6.07) is 4.09. The Balaban J connectivity index is 1.39. The summed E-state index contributed by atoms with van der Waals surface area (Å²) >= 11 is 0. The minimum absolute atomic E-state index is 0.0266. The Hall–Kier alpha value is -2.48. The van der Waals surface area contributed by atoms with E-state index >= 15 is 0 Å². The maximum atomic E-state index is 12.9. The van der Waals surface area contributed by atoms with Gasteiger partial charge in [0.2, 0.25) is 17.6 Å². The van der Waals surface area contributed by atoms with E-state index < -0.39 is 0 Å². The number of anilines is 1. The van der Waals surface area contributed by atoms with Gasteiger partial charge in [-0.2, -0.15) is 0 Å². The molecule has 0 spiro atoms. The molecule has 3 atom stereocenters. The van der Waals surface area contributed by atoms with Gasteiger partial charge in [-0.1, -0.05) is 6.42 Å². The van der Waals surface area contributed by atoms with Crippen LogP contribution >= 0.6 is 0 Å². The number of piperidine rings is 2. The number of hydrogen-bond acceptors (Lipinski definition) is 6. The number of methoxy groups -OCH3 is 3. The number of amides is 2. The number of fused-ring (bicyclic) bond motifs is 1. The van der Waals surface area contributed by atoms with Crippen molar-refractivity contribution in [3.63, 3.8) is 0 Å². The monoisotopic (exact) mass is 445 g/mol. The van der Waals surface area contributed by atoms with Crippen molar-refractivity contribution < 1.29 is 23.8 Å². The topological polar surface area (TPSA) is 80.3 Å². The van der Waals surface area contributed by atoms with Gasteiger partial charge in [0.1, 0.15) is 0 Å². The normalized spacial score (nSPS) is 25.9. The Morgan fingerprint density at radius 2 is 1.75 bits per heavy atom. The molecule has 3 aliphatic rings. The fourth-order valence-corrected chi connectivity index (χ4v) is 5.55. The lowest BCUT2D eigenvalue weighted by molar-refractivity contribution is -0.126. The maximum absolute atomic E-state index is 12.9. The molecule has 8 heteroatoms. The Bertz CT molecular complexity index is 818. The van der Waals surface area contributed by atoms with Gasteiger partial charge < -0.3 is 29.3 Å². The SMILES string of the molecule is COc1cc(N2CC(C(=O)NCC3CCCN4CCCCC34)CC2=O)cc(OC)c1OC. The average molecular weight is 446 g/mol. The van der Waals surface area contributed by atoms with Crippen molar-refractivity contribution in [3.05, 3.63) is 12.1 Å². The van der Waals surface area contributed by atoms with E-state index in [-0.39, 0.29) is 24.2 Å². The number of nitrogens with one attached hydrogen (secondary N) is 1. The molecule has 3 heterocycles. The lowest BCUT2D eigenvalue weighted by Gasteiger charge is -2.44. The third-order valence-corrected chi connectivity index (χ3v) is 7.22. The predicted molar refractivity (Wildman–Crippen MR) is 122 cm³/mol. The second kappa shape index (κ2) is 9.98. The van der Waals surface area contributed by atoms with Crippen molar-refractivity contribution in [1.82, 2.24) is 10.2 Å². The number of ether oxygens (including phenoxy) is 3. The van der Waals surface area contributed by atoms with Crippen LogP contribution in [0.5, 0.6) is 17.2 Å². The second-order valence-corrected chi connectivity index (χ2v) is 9.04. The zero-order valence-corrected chi connectivity index (χ0v) is 19.4. The standard InChI is InChI=1S/C24H35N3O5/c1-30-20-12-18(13-21(31-2)23(20)32-3)27-15-17(11-22(27)28)24(29)25-14-16-7-6-10-26-9-5-4-8-19(16)26/h12-13,16-17,19H,4-11,14-15H2,1-3H3,(H,25,29). The first-order chi connectivity index (χ1) is 15.5. The third kappa shape index (κ3) is 4.51. The highest BCUT2D eigenvalue weighted by atomic mass is 16.5. The van der Waals surface area contributed by atoms with E-state index in [9.17, 15) is 9.59 Å². The van der Waals surface area contributed by atoms with E-state index in [0.29, 0.717) is 48.0 Å². The quantitative estimate of drug-likeness (QED) is 0.695. The fourth-order valence-electron chi connectivity index (χ4n) is 5.55. The van der Waals surface area contributed by atoms with E-state index in [1.165, 1.54) is 45.2 Å². The largest absolute Gasteiger partial charge is 0.493 e. The van der Waals surface area contributed by atoms with Crippen LogP contribution in [0.2, 0.25) is 0 Å². The van der Waals surface area contributed by atoms with Crippen LogP contribution in [0.1, 0.15) is 38.5 Å². The van der Waals surface area contributed by atoms with Gasteiger partial charge in [-0.05, 0) is 44.7 Å². The molecule has 4 rings (SSSR count). The zero-order chi connectivity index (χ0) is 22.7. The summed E-state index contributed by atoms with van der Waals surface area (Å²) in [5.74, 6) is 1.50. The Morgan fingerprint density at radius 1 is 1.03 bits per heavy atom. The van der Waals surface area contributed by atoms with Gasteiger partial charge in [-0.25, -0.2) is 0 Å². The summed E-state index contributed by atoms with van der Waals surface area (Å²) in [6.45, 7) is 3.43. The molecular weight excluding hydrogens is 410 g/mol. The molecule has 176 valence electrons. The van der Waals surface area contributed by atoms with Crippen LogP contribution in [0.15, 0.2) is 12.1 Å². The third-order valence-electron chi connectivity index (χ3n) is 7.22. The van der Waals surface area contributed by atoms with Crippen molar-refractivity contribution in [2.24, 2.45) is 11.8 Å². The molecule has 3 unspecified atom stereocenters. The summed E-state index contributed by atoms with van der Waals surface area (Å²) in [5, 5.41) is 3.17. The average Bonchev–Trinajstić information content (AvgIpc) is 3.23. The molecule has 0 radical (unpaired) electrons. The van der Waals surface area contributed by atoms with Gasteiger partial charge in [0, 0.05) is 37.7 Å². The van der Waals surface area contributed by atoms with E-state index in [2.05, 4.69) is 10.2 Å². The molecule has 1 aromatic rings. The molecule has 3 fully saturated rings. The molecule has 0 bridgehead atoms. The van der Waals surface area contributed by atoms with Crippen LogP contribution in [0.4, 0.5) is 5.69 Å². The first-order valence-electron chi connectivity index (χ1n) is 11.7. The minimum Gasteiger partial charge on any atom is -0.493 e. The van der Waals surface area contributed by atoms with Crippen LogP contribution in [0, 0.1) is 11.8 Å². The number of nitrogens with zero attached hydrogens (tertiary/aromatic N) is 2. The summed E-state index contributed by atoms with van der Waals surface area (Å²) < 4.78 is 16.2. The minimum atomic E-state index is -0.354. The van der Waals surface area contributed by atoms with E-state index in [1.54, 1.807) is 38.4 Å². The van der Waals surface area contributed by atoms with Crippen molar-refractivity contribution in [2.45, 2.75) is 44.6 Å². The number of carbonyl (C=O) groups excluding carboxylic acids is 2. The van der Waals surface area contributed by atoms with Crippen LogP contribution in [-0.4, -0.2) is 70.3 Å². The molecular formula is C24H35N3O5. The van der Waals surface area contributed by atoms with Crippen LogP contribution in [0.3, 0.4) is 0 Å². The van der Waals surface area contributed by atoms with E-state index in [4.69, 9.17) is 14.2 Å². The highest BCUT2D eigenvalue weighted by Gasteiger charge is 2.37. The van der Waals surface area contributed by atoms with Crippen molar-refractivity contribution in [1.29, 1.82) is 0 Å². The van der Waals surface area contributed by atoms with Crippen LogP contribution in [-0.2, 0) is 9.59 Å². The molecule has 0 aromatic heterocycles. The summed E-state index contributed by atoms with van der Waals surface area (Å²) in [6.07, 6.45) is 6.39. The van der Waals surface area contributed by atoms with E-state index in [0.717, 1.165) is 0 Å². The first-order valence-corrected chi connectivity index (χ1v) is 11.7. The summed E-state index contributed by atoms with van der Waals surface area (Å²) in [7, 11) is 4.63. The summed E-state index contributed by atoms with van der Waals surface area (Å²) in [4.78, 5) is 30.0. The molecule has 32 heavy (non-hydrogen) atoms. The predicted octanol–water partition coefficient (Wildman–Crippen LogP) is 2.45. The molecule has 3 aliphatic heterocycles. The summed E-state index contributed by atoms with van der Waals surface area (Å²) in [5.41, 5.74) is 0.643. The number of rotatable bonds is 7. The van der Waals surface area contributed by atoms with Crippen LogP contribution < -0.4 is 24.4 Å². The molecule has 0 aliphatic carbocycles. The van der Waals surface area contributed by atoms with Gasteiger partial charge in [-0.15, -0.1) is 0 Å². The Morgan fingerprint density at radius 3 is 2.44 bits per heavy atom. The lowest BCUT2D eigenvalue weighted by Crippen LogP contribution is -2.51. The van der Waals surface area contributed by atoms with Gasteiger partial charge in [0.25, 0.3) is 0 Å². The molecule has 8 nitrogen and oxygen atoms in total. The van der Waals surface area contributed by atoms with Gasteiger partial charge in [0.05, 0.1) is 32.9 Å². The smallest absolute Gasteiger partial charge is 0.227 e. The number of carbonyl (C=O) groups is 2. The maximum Gasteiger partial charge on any atom is 0.227 e. The molecule has 3 saturated heterocycles. The molecule has 2 amide bonds. The molecule has 0 saturated carbocycles. The second-order valence-electron chi connectivity index (χ2n) is 9.04. The fraction of sp³-hybridized carbons (Fsp3) is 0.667. The highest BCUT2D eigenvalue weighted by Crippen LogP contribution is 2.42. The zero-order valence-electron chi connectivity index (χ0n) is 19.4. The van der Waals surface area contributed by atoms with Crippen molar-refractivity contribution in [3.8, 4) is 17.2 Å². The van der Waals surface area contributed by atoms with Gasteiger partial charge in [0.15, 0.2) is 11.5 Å². The number of hydrogen-bond donors (Lipinski definition) is 1. The van der Waals surface area contributed by atoms with E-state index in [1.807, 2.05) is 0 Å². The Kier molecular flexibility index (Phi) is 7.08. The Labute approximate surface area is 190 Å². The van der Waals surface area contributed by atoms with Crippen molar-refractivity contribution >= 4 is 17.5 Å². The molecule has 1 aromatic carbocycles. The lowest BCUT2D eigenvalue weighted by atomic mass is 9.83. The van der Waals surface area contributed by atoms with Gasteiger partial charge >= 0.3 is 0 Å². The number of benzene rings is 1. The highest BCUT2D eigenvalue weighted by molar-refractivity contribution is 6.00. The first kappa shape index (κ1) is 22.7. The van der Waals surface area contributed by atoms with Crippen molar-refractivity contribution in [2.75, 3.05) is 52.4 Å².